The first kappa shape index (κ1) is 13.6. The van der Waals surface area contributed by atoms with Gasteiger partial charge in [-0.05, 0) is 51.8 Å². The summed E-state index contributed by atoms with van der Waals surface area (Å²) in [6, 6.07) is 12.2. The Labute approximate surface area is 111 Å². The molecule has 1 aromatic carbocycles. The van der Waals surface area contributed by atoms with Crippen molar-refractivity contribution in [2.45, 2.75) is 51.2 Å². The number of hydrogen-bond donors (Lipinski definition) is 1. The van der Waals surface area contributed by atoms with E-state index in [0.29, 0.717) is 6.04 Å². The van der Waals surface area contributed by atoms with Crippen LogP contribution in [0, 0.1) is 0 Å². The molecule has 0 aromatic heterocycles. The fourth-order valence-electron chi connectivity index (χ4n) is 2.24. The molecule has 1 saturated carbocycles. The SMILES string of the molecule is CC(CCCNC1CC1)N(C)Cc1ccccc1. The standard InChI is InChI=1S/C16H26N2/c1-14(7-6-12-17-16-10-11-16)18(2)13-15-8-4-3-5-9-15/h3-5,8-9,14,16-17H,6-7,10-13H2,1-2H3. The molecule has 100 valence electrons. The van der Waals surface area contributed by atoms with Crippen LogP contribution < -0.4 is 5.32 Å². The van der Waals surface area contributed by atoms with Crippen LogP contribution in [0.2, 0.25) is 0 Å². The molecular weight excluding hydrogens is 220 g/mol. The summed E-state index contributed by atoms with van der Waals surface area (Å²) in [5.41, 5.74) is 1.41. The summed E-state index contributed by atoms with van der Waals surface area (Å²) in [6.45, 7) is 4.58. The third-order valence-corrected chi connectivity index (χ3v) is 3.84. The monoisotopic (exact) mass is 246 g/mol. The number of benzene rings is 1. The van der Waals surface area contributed by atoms with Gasteiger partial charge in [-0.15, -0.1) is 0 Å². The Balaban J connectivity index is 1.62. The summed E-state index contributed by atoms with van der Waals surface area (Å²) in [6.07, 6.45) is 5.35. The number of nitrogens with zero attached hydrogens (tertiary/aromatic N) is 1. The minimum atomic E-state index is 0.659. The summed E-state index contributed by atoms with van der Waals surface area (Å²) in [7, 11) is 2.23. The Morgan fingerprint density at radius 1 is 1.28 bits per heavy atom. The van der Waals surface area contributed by atoms with Crippen LogP contribution in [0.4, 0.5) is 0 Å². The van der Waals surface area contributed by atoms with Crippen LogP contribution in [0.1, 0.15) is 38.2 Å². The highest BCUT2D eigenvalue weighted by Gasteiger charge is 2.19. The van der Waals surface area contributed by atoms with Crippen LogP contribution in [-0.2, 0) is 6.54 Å². The van der Waals surface area contributed by atoms with E-state index in [4.69, 9.17) is 0 Å². The van der Waals surface area contributed by atoms with Gasteiger partial charge in [-0.3, -0.25) is 4.90 Å². The second-order valence-electron chi connectivity index (χ2n) is 5.62. The Morgan fingerprint density at radius 3 is 2.67 bits per heavy atom. The molecule has 18 heavy (non-hydrogen) atoms. The molecule has 0 heterocycles. The highest BCUT2D eigenvalue weighted by molar-refractivity contribution is 5.14. The molecule has 2 rings (SSSR count). The molecule has 1 fully saturated rings. The van der Waals surface area contributed by atoms with Gasteiger partial charge in [-0.1, -0.05) is 30.3 Å². The van der Waals surface area contributed by atoms with Crippen molar-refractivity contribution in [2.24, 2.45) is 0 Å². The van der Waals surface area contributed by atoms with Gasteiger partial charge in [0.05, 0.1) is 0 Å². The summed E-state index contributed by atoms with van der Waals surface area (Å²) >= 11 is 0. The predicted molar refractivity (Wildman–Crippen MR) is 77.6 cm³/mol. The fourth-order valence-corrected chi connectivity index (χ4v) is 2.24. The second kappa shape index (κ2) is 6.91. The summed E-state index contributed by atoms with van der Waals surface area (Å²) in [5, 5.41) is 3.58. The first-order chi connectivity index (χ1) is 8.75. The van der Waals surface area contributed by atoms with Gasteiger partial charge in [-0.25, -0.2) is 0 Å². The van der Waals surface area contributed by atoms with E-state index in [9.17, 15) is 0 Å². The van der Waals surface area contributed by atoms with Crippen LogP contribution in [0.5, 0.6) is 0 Å². The average molecular weight is 246 g/mol. The highest BCUT2D eigenvalue weighted by atomic mass is 15.1. The fraction of sp³-hybridized carbons (Fsp3) is 0.625. The molecule has 2 heteroatoms. The van der Waals surface area contributed by atoms with Gasteiger partial charge in [0.15, 0.2) is 0 Å². The molecule has 1 atom stereocenters. The summed E-state index contributed by atoms with van der Waals surface area (Å²) in [4.78, 5) is 2.45. The quantitative estimate of drug-likeness (QED) is 0.709. The minimum absolute atomic E-state index is 0.659. The van der Waals surface area contributed by atoms with E-state index in [2.05, 4.69) is 54.5 Å². The van der Waals surface area contributed by atoms with Gasteiger partial charge in [0, 0.05) is 18.6 Å². The van der Waals surface area contributed by atoms with Gasteiger partial charge in [0.1, 0.15) is 0 Å². The molecule has 1 aromatic rings. The van der Waals surface area contributed by atoms with Crippen molar-refractivity contribution in [3.8, 4) is 0 Å². The second-order valence-corrected chi connectivity index (χ2v) is 5.62. The van der Waals surface area contributed by atoms with Crippen molar-refractivity contribution in [2.75, 3.05) is 13.6 Å². The normalized spacial score (nSPS) is 17.1. The van der Waals surface area contributed by atoms with Crippen molar-refractivity contribution in [1.82, 2.24) is 10.2 Å². The molecule has 2 nitrogen and oxygen atoms in total. The average Bonchev–Trinajstić information content (AvgIpc) is 3.19. The predicted octanol–water partition coefficient (Wildman–Crippen LogP) is 3.04. The zero-order valence-corrected chi connectivity index (χ0v) is 11.7. The Kier molecular flexibility index (Phi) is 5.21. The number of hydrogen-bond acceptors (Lipinski definition) is 2. The van der Waals surface area contributed by atoms with Crippen molar-refractivity contribution >= 4 is 0 Å². The lowest BCUT2D eigenvalue weighted by molar-refractivity contribution is 0.234. The molecule has 0 amide bonds. The third kappa shape index (κ3) is 4.79. The molecule has 1 N–H and O–H groups in total. The number of nitrogens with one attached hydrogen (secondary N) is 1. The van der Waals surface area contributed by atoms with Crippen molar-refractivity contribution < 1.29 is 0 Å². The first-order valence-corrected chi connectivity index (χ1v) is 7.23. The van der Waals surface area contributed by atoms with Crippen molar-refractivity contribution in [1.29, 1.82) is 0 Å². The molecule has 1 unspecified atom stereocenters. The van der Waals surface area contributed by atoms with Crippen LogP contribution in [-0.4, -0.2) is 30.6 Å². The molecular formula is C16H26N2. The highest BCUT2D eigenvalue weighted by Crippen LogP contribution is 2.18. The zero-order valence-electron chi connectivity index (χ0n) is 11.7. The van der Waals surface area contributed by atoms with E-state index < -0.39 is 0 Å². The van der Waals surface area contributed by atoms with Crippen LogP contribution in [0.15, 0.2) is 30.3 Å². The summed E-state index contributed by atoms with van der Waals surface area (Å²) < 4.78 is 0. The van der Waals surface area contributed by atoms with Crippen molar-refractivity contribution in [3.05, 3.63) is 35.9 Å². The van der Waals surface area contributed by atoms with Gasteiger partial charge in [0.2, 0.25) is 0 Å². The van der Waals surface area contributed by atoms with E-state index >= 15 is 0 Å². The van der Waals surface area contributed by atoms with E-state index in [0.717, 1.165) is 12.6 Å². The largest absolute Gasteiger partial charge is 0.314 e. The van der Waals surface area contributed by atoms with E-state index in [1.807, 2.05) is 0 Å². The zero-order chi connectivity index (χ0) is 12.8. The first-order valence-electron chi connectivity index (χ1n) is 7.23. The van der Waals surface area contributed by atoms with Crippen LogP contribution in [0.3, 0.4) is 0 Å². The van der Waals surface area contributed by atoms with Gasteiger partial charge in [0.25, 0.3) is 0 Å². The van der Waals surface area contributed by atoms with E-state index in [-0.39, 0.29) is 0 Å². The van der Waals surface area contributed by atoms with Crippen LogP contribution in [0.25, 0.3) is 0 Å². The van der Waals surface area contributed by atoms with Gasteiger partial charge >= 0.3 is 0 Å². The smallest absolute Gasteiger partial charge is 0.0233 e. The maximum absolute atomic E-state index is 3.58. The maximum atomic E-state index is 3.58. The molecule has 1 aliphatic carbocycles. The van der Waals surface area contributed by atoms with Crippen LogP contribution >= 0.6 is 0 Å². The Morgan fingerprint density at radius 2 is 2.00 bits per heavy atom. The molecule has 0 saturated heterocycles. The summed E-state index contributed by atoms with van der Waals surface area (Å²) in [5.74, 6) is 0. The van der Waals surface area contributed by atoms with E-state index in [1.165, 1.54) is 37.8 Å². The molecule has 0 spiro atoms. The lowest BCUT2D eigenvalue weighted by Gasteiger charge is -2.24. The molecule has 1 aliphatic rings. The molecule has 0 bridgehead atoms. The molecule has 0 radical (unpaired) electrons. The van der Waals surface area contributed by atoms with Gasteiger partial charge in [-0.2, -0.15) is 0 Å². The lowest BCUT2D eigenvalue weighted by atomic mass is 10.1. The Bertz CT molecular complexity index is 332. The van der Waals surface area contributed by atoms with E-state index in [1.54, 1.807) is 0 Å². The lowest BCUT2D eigenvalue weighted by Crippen LogP contribution is -2.29. The Hall–Kier alpha value is -0.860. The molecule has 0 aliphatic heterocycles. The topological polar surface area (TPSA) is 15.3 Å². The van der Waals surface area contributed by atoms with Gasteiger partial charge < -0.3 is 5.32 Å². The number of rotatable bonds is 8. The van der Waals surface area contributed by atoms with Crippen molar-refractivity contribution in [3.63, 3.8) is 0 Å². The maximum Gasteiger partial charge on any atom is 0.0233 e. The third-order valence-electron chi connectivity index (χ3n) is 3.84. The minimum Gasteiger partial charge on any atom is -0.314 e.